The molecule has 2 aliphatic rings. The number of fused-ring (bicyclic) bond motifs is 2. The lowest BCUT2D eigenvalue weighted by atomic mass is 9.67. The van der Waals surface area contributed by atoms with E-state index < -0.39 is 0 Å². The van der Waals surface area contributed by atoms with E-state index in [0.29, 0.717) is 10.8 Å². The maximum absolute atomic E-state index is 4.63. The number of hydrogen-bond acceptors (Lipinski definition) is 1. The smallest absolute Gasteiger partial charge is 0.106 e. The van der Waals surface area contributed by atoms with Crippen LogP contribution in [0.5, 0.6) is 0 Å². The van der Waals surface area contributed by atoms with Gasteiger partial charge in [-0.2, -0.15) is 0 Å². The van der Waals surface area contributed by atoms with E-state index in [1.807, 2.05) is 6.07 Å². The first-order valence-electron chi connectivity index (χ1n) is 6.30. The largest absolute Gasteiger partial charge is 0.241 e. The van der Waals surface area contributed by atoms with Crippen LogP contribution in [-0.2, 0) is 0 Å². The van der Waals surface area contributed by atoms with Crippen LogP contribution in [0, 0.1) is 16.7 Å². The van der Waals surface area contributed by atoms with Gasteiger partial charge in [-0.05, 0) is 63.2 Å². The van der Waals surface area contributed by atoms with E-state index in [0.717, 1.165) is 16.2 Å². The Labute approximate surface area is 111 Å². The van der Waals surface area contributed by atoms with Gasteiger partial charge in [-0.25, -0.2) is 4.98 Å². The minimum atomic E-state index is 0.297. The average molecular weight is 292 g/mol. The van der Waals surface area contributed by atoms with Gasteiger partial charge in [-0.1, -0.05) is 32.9 Å². The molecule has 1 heterocycles. The number of nitrogens with zero attached hydrogens (tertiary/aromatic N) is 1. The van der Waals surface area contributed by atoms with Crippen molar-refractivity contribution in [2.45, 2.75) is 33.6 Å². The zero-order chi connectivity index (χ0) is 12.3. The fourth-order valence-corrected chi connectivity index (χ4v) is 3.96. The van der Waals surface area contributed by atoms with Gasteiger partial charge in [0.05, 0.1) is 5.69 Å². The molecule has 90 valence electrons. The Kier molecular flexibility index (Phi) is 2.32. The van der Waals surface area contributed by atoms with Crippen LogP contribution < -0.4 is 0 Å². The van der Waals surface area contributed by atoms with Gasteiger partial charge in [0.25, 0.3) is 0 Å². The summed E-state index contributed by atoms with van der Waals surface area (Å²) in [5, 5.41) is 0. The lowest BCUT2D eigenvalue weighted by Crippen LogP contribution is -2.29. The Morgan fingerprint density at radius 2 is 2.06 bits per heavy atom. The fourth-order valence-electron chi connectivity index (χ4n) is 3.62. The molecule has 0 spiro atoms. The molecule has 0 saturated heterocycles. The number of allylic oxidation sites excluding steroid dienone is 2. The number of hydrogen-bond donors (Lipinski definition) is 0. The molecule has 0 amide bonds. The van der Waals surface area contributed by atoms with Crippen molar-refractivity contribution in [1.82, 2.24) is 4.98 Å². The predicted octanol–water partition coefficient (Wildman–Crippen LogP) is 4.68. The molecule has 2 aliphatic carbocycles. The highest BCUT2D eigenvalue weighted by Crippen LogP contribution is 2.67. The van der Waals surface area contributed by atoms with Crippen LogP contribution in [0.1, 0.15) is 39.3 Å². The molecule has 1 aromatic rings. The van der Waals surface area contributed by atoms with Gasteiger partial charge in [0.15, 0.2) is 0 Å². The van der Waals surface area contributed by atoms with Gasteiger partial charge in [0.1, 0.15) is 4.60 Å². The molecule has 17 heavy (non-hydrogen) atoms. The van der Waals surface area contributed by atoms with E-state index >= 15 is 0 Å². The minimum absolute atomic E-state index is 0.297. The summed E-state index contributed by atoms with van der Waals surface area (Å²) in [5.74, 6) is 0.725. The Balaban J connectivity index is 2.10. The van der Waals surface area contributed by atoms with E-state index in [2.05, 4.69) is 59.9 Å². The molecular weight excluding hydrogens is 274 g/mol. The molecule has 2 bridgehead atoms. The first kappa shape index (κ1) is 11.5. The molecule has 2 heteroatoms. The van der Waals surface area contributed by atoms with E-state index in [-0.39, 0.29) is 0 Å². The van der Waals surface area contributed by atoms with E-state index in [1.54, 1.807) is 0 Å². The van der Waals surface area contributed by atoms with Crippen molar-refractivity contribution in [1.29, 1.82) is 0 Å². The van der Waals surface area contributed by atoms with E-state index in [1.165, 1.54) is 18.4 Å². The van der Waals surface area contributed by atoms with Gasteiger partial charge in [-0.15, -0.1) is 0 Å². The third-order valence-corrected chi connectivity index (χ3v) is 5.70. The van der Waals surface area contributed by atoms with Crippen molar-refractivity contribution < 1.29 is 0 Å². The summed E-state index contributed by atoms with van der Waals surface area (Å²) < 4.78 is 0.931. The van der Waals surface area contributed by atoms with Crippen molar-refractivity contribution in [3.05, 3.63) is 34.6 Å². The number of rotatable bonds is 1. The number of aromatic nitrogens is 1. The van der Waals surface area contributed by atoms with Crippen molar-refractivity contribution >= 4 is 21.5 Å². The molecule has 3 rings (SSSR count). The molecule has 0 aromatic carbocycles. The lowest BCUT2D eigenvalue weighted by Gasteiger charge is -2.37. The van der Waals surface area contributed by atoms with Crippen LogP contribution in [0.25, 0.3) is 5.57 Å². The second kappa shape index (κ2) is 3.44. The molecule has 0 radical (unpaired) electrons. The maximum atomic E-state index is 4.63. The van der Waals surface area contributed by atoms with Gasteiger partial charge in [0, 0.05) is 0 Å². The first-order chi connectivity index (χ1) is 7.95. The molecule has 0 aliphatic heterocycles. The Morgan fingerprint density at radius 3 is 2.59 bits per heavy atom. The van der Waals surface area contributed by atoms with Gasteiger partial charge >= 0.3 is 0 Å². The quantitative estimate of drug-likeness (QED) is 0.685. The summed E-state index contributed by atoms with van der Waals surface area (Å²) in [6, 6.07) is 6.21. The zero-order valence-corrected chi connectivity index (χ0v) is 12.2. The Morgan fingerprint density at radius 1 is 1.29 bits per heavy atom. The highest BCUT2D eigenvalue weighted by atomic mass is 79.9. The minimum Gasteiger partial charge on any atom is -0.241 e. The normalized spacial score (nSPS) is 33.9. The maximum Gasteiger partial charge on any atom is 0.106 e. The Hall–Kier alpha value is -0.630. The van der Waals surface area contributed by atoms with Crippen LogP contribution in [0.2, 0.25) is 0 Å². The number of halogens is 1. The summed E-state index contributed by atoms with van der Waals surface area (Å²) in [4.78, 5) is 4.63. The highest BCUT2D eigenvalue weighted by Gasteiger charge is 2.57. The molecule has 0 N–H and O–H groups in total. The standard InChI is InChI=1S/C15H18BrN/c1-14(2)10-7-8-15(14,3)11(9-10)12-5-4-6-13(16)17-12/h4-6,9-10H,7-8H2,1-3H3. The van der Waals surface area contributed by atoms with Crippen LogP contribution in [-0.4, -0.2) is 4.98 Å². The predicted molar refractivity (Wildman–Crippen MR) is 74.5 cm³/mol. The molecule has 1 saturated carbocycles. The third-order valence-electron chi connectivity index (χ3n) is 5.26. The third kappa shape index (κ3) is 1.40. The topological polar surface area (TPSA) is 12.9 Å². The zero-order valence-electron chi connectivity index (χ0n) is 10.6. The molecule has 2 atom stereocenters. The van der Waals surface area contributed by atoms with Crippen LogP contribution in [0.4, 0.5) is 0 Å². The monoisotopic (exact) mass is 291 g/mol. The summed E-state index contributed by atoms with van der Waals surface area (Å²) in [6.07, 6.45) is 5.10. The second-order valence-corrected chi connectivity index (χ2v) is 6.94. The molecular formula is C15H18BrN. The fraction of sp³-hybridized carbons (Fsp3) is 0.533. The van der Waals surface area contributed by atoms with E-state index in [4.69, 9.17) is 0 Å². The van der Waals surface area contributed by atoms with E-state index in [9.17, 15) is 0 Å². The summed E-state index contributed by atoms with van der Waals surface area (Å²) >= 11 is 3.47. The molecule has 1 aromatic heterocycles. The SMILES string of the molecule is CC12CCC(C=C1c1cccc(Br)n1)C2(C)C. The van der Waals surface area contributed by atoms with Crippen molar-refractivity contribution in [2.24, 2.45) is 16.7 Å². The summed E-state index contributed by atoms with van der Waals surface area (Å²) in [6.45, 7) is 7.23. The molecule has 1 nitrogen and oxygen atoms in total. The van der Waals surface area contributed by atoms with Crippen LogP contribution in [0.3, 0.4) is 0 Å². The van der Waals surface area contributed by atoms with Crippen LogP contribution in [0.15, 0.2) is 28.9 Å². The van der Waals surface area contributed by atoms with Crippen molar-refractivity contribution in [3.8, 4) is 0 Å². The van der Waals surface area contributed by atoms with Gasteiger partial charge in [-0.3, -0.25) is 0 Å². The van der Waals surface area contributed by atoms with Crippen LogP contribution >= 0.6 is 15.9 Å². The molecule has 2 unspecified atom stereocenters. The van der Waals surface area contributed by atoms with Crippen molar-refractivity contribution in [2.75, 3.05) is 0 Å². The van der Waals surface area contributed by atoms with Gasteiger partial charge < -0.3 is 0 Å². The lowest BCUT2D eigenvalue weighted by molar-refractivity contribution is 0.189. The average Bonchev–Trinajstić information content (AvgIpc) is 2.61. The number of pyridine rings is 1. The summed E-state index contributed by atoms with van der Waals surface area (Å²) in [5.41, 5.74) is 3.29. The summed E-state index contributed by atoms with van der Waals surface area (Å²) in [7, 11) is 0. The highest BCUT2D eigenvalue weighted by molar-refractivity contribution is 9.10. The Bertz CT molecular complexity index is 503. The van der Waals surface area contributed by atoms with Crippen molar-refractivity contribution in [3.63, 3.8) is 0 Å². The van der Waals surface area contributed by atoms with Gasteiger partial charge in [0.2, 0.25) is 0 Å². The second-order valence-electron chi connectivity index (χ2n) is 6.12. The molecule has 1 fully saturated rings. The first-order valence-corrected chi connectivity index (χ1v) is 7.10.